The van der Waals surface area contributed by atoms with Crippen LogP contribution in [-0.2, 0) is 8.06 Å². The molecule has 0 atom stereocenters. The Labute approximate surface area is 58.0 Å². The van der Waals surface area contributed by atoms with Gasteiger partial charge >= 0.3 is 57.9 Å². The summed E-state index contributed by atoms with van der Waals surface area (Å²) in [5.41, 5.74) is 0. The van der Waals surface area contributed by atoms with Gasteiger partial charge in [0.1, 0.15) is 0 Å². The predicted molar refractivity (Wildman–Crippen MR) is 26.6 cm³/mol. The number of hydrogen-bond acceptors (Lipinski definition) is 3. The van der Waals surface area contributed by atoms with Gasteiger partial charge in [0.15, 0.2) is 0 Å². The summed E-state index contributed by atoms with van der Waals surface area (Å²) < 4.78 is 15.7. The van der Waals surface area contributed by atoms with E-state index in [0.717, 1.165) is 12.8 Å². The van der Waals surface area contributed by atoms with E-state index < -0.39 is 30.0 Å². The first-order valence-corrected chi connectivity index (χ1v) is 7.55. The fourth-order valence-corrected chi connectivity index (χ4v) is 5.19. The van der Waals surface area contributed by atoms with Crippen LogP contribution in [0.25, 0.3) is 0 Å². The molecule has 3 heterocycles. The molecule has 3 fully saturated rings. The monoisotopic (exact) mass is 311 g/mol. The quantitative estimate of drug-likeness (QED) is 0.695. The summed E-state index contributed by atoms with van der Waals surface area (Å²) in [6.45, 7) is 2.09. The molecular weight excluding hydrogens is 303 g/mol. The van der Waals surface area contributed by atoms with Crippen LogP contribution in [0, 0.1) is 0 Å². The van der Waals surface area contributed by atoms with Crippen molar-refractivity contribution >= 4 is 24.1 Å². The molecular formula is C4H7O3Pb. The van der Waals surface area contributed by atoms with E-state index in [9.17, 15) is 0 Å². The average Bonchev–Trinajstić information content (AvgIpc) is 1.50. The first kappa shape index (κ1) is 5.58. The van der Waals surface area contributed by atoms with Crippen molar-refractivity contribution in [1.82, 2.24) is 0 Å². The fourth-order valence-electron chi connectivity index (χ4n) is 0.863. The van der Waals surface area contributed by atoms with E-state index in [1.165, 1.54) is 0 Å². The number of hydrogen-bond donors (Lipinski definition) is 0. The summed E-state index contributed by atoms with van der Waals surface area (Å²) in [7, 11) is 0. The molecule has 0 aliphatic carbocycles. The van der Waals surface area contributed by atoms with Crippen molar-refractivity contribution < 1.29 is 8.06 Å². The molecule has 0 saturated carbocycles. The zero-order valence-corrected chi connectivity index (χ0v) is 8.53. The molecule has 3 nitrogen and oxygen atoms in total. The Morgan fingerprint density at radius 1 is 1.38 bits per heavy atom. The molecule has 1 radical (unpaired) electrons. The second kappa shape index (κ2) is 1.65. The zero-order valence-electron chi connectivity index (χ0n) is 4.64. The first-order chi connectivity index (χ1) is 3.85. The molecule has 0 N–H and O–H groups in total. The first-order valence-electron chi connectivity index (χ1n) is 2.79. The summed E-state index contributed by atoms with van der Waals surface area (Å²) in [6.07, 6.45) is 1.97. The Bertz CT molecular complexity index is 98.8. The van der Waals surface area contributed by atoms with Gasteiger partial charge in [0.2, 0.25) is 0 Å². The van der Waals surface area contributed by atoms with Crippen LogP contribution in [0.15, 0.2) is 0 Å². The summed E-state index contributed by atoms with van der Waals surface area (Å²) in [5, 5.41) is 0. The van der Waals surface area contributed by atoms with Crippen molar-refractivity contribution in [2.75, 3.05) is 0 Å². The Morgan fingerprint density at radius 3 is 2.12 bits per heavy atom. The van der Waals surface area contributed by atoms with Gasteiger partial charge in [0.25, 0.3) is 0 Å². The van der Waals surface area contributed by atoms with Gasteiger partial charge in [-0.1, -0.05) is 0 Å². The van der Waals surface area contributed by atoms with Gasteiger partial charge in [-0.2, -0.15) is 0 Å². The molecule has 0 aromatic carbocycles. The van der Waals surface area contributed by atoms with E-state index in [1.54, 1.807) is 0 Å². The maximum absolute atomic E-state index is 5.22. The molecule has 3 saturated heterocycles. The predicted octanol–water partition coefficient (Wildman–Crippen LogP) is 0.502. The van der Waals surface area contributed by atoms with Gasteiger partial charge in [0.05, 0.1) is 0 Å². The molecule has 0 aromatic heterocycles. The molecule has 0 amide bonds. The van der Waals surface area contributed by atoms with Gasteiger partial charge < -0.3 is 0 Å². The van der Waals surface area contributed by atoms with Crippen LogP contribution in [0.3, 0.4) is 0 Å². The molecule has 0 unspecified atom stereocenters. The fraction of sp³-hybridized carbons (Fsp3) is 1.00. The zero-order chi connectivity index (χ0) is 5.61. The van der Waals surface area contributed by atoms with Crippen molar-refractivity contribution in [2.24, 2.45) is 0 Å². The minimum atomic E-state index is -2.01. The normalized spacial score (nSPS) is 31.1. The topological polar surface area (TPSA) is 27.7 Å². The van der Waals surface area contributed by atoms with E-state index in [4.69, 9.17) is 8.06 Å². The van der Waals surface area contributed by atoms with Crippen LogP contribution in [0.2, 0.25) is 0 Å². The average molecular weight is 310 g/mol. The van der Waals surface area contributed by atoms with E-state index in [0.29, 0.717) is 0 Å². The van der Waals surface area contributed by atoms with E-state index in [1.807, 2.05) is 0 Å². The van der Waals surface area contributed by atoms with E-state index in [2.05, 4.69) is 6.92 Å². The third-order valence-electron chi connectivity index (χ3n) is 1.27. The molecule has 3 rings (SSSR count). The summed E-state index contributed by atoms with van der Waals surface area (Å²) in [6, 6.07) is 0. The molecule has 2 bridgehead atoms. The van der Waals surface area contributed by atoms with Crippen LogP contribution in [-0.4, -0.2) is 30.0 Å². The summed E-state index contributed by atoms with van der Waals surface area (Å²) in [4.78, 5) is 0. The van der Waals surface area contributed by atoms with E-state index >= 15 is 0 Å². The molecule has 45 valence electrons. The molecule has 0 spiro atoms. The van der Waals surface area contributed by atoms with Crippen LogP contribution in [0.5, 0.6) is 0 Å². The number of rotatable bonds is 2. The Morgan fingerprint density at radius 2 is 2.00 bits per heavy atom. The van der Waals surface area contributed by atoms with Gasteiger partial charge in [-0.3, -0.25) is 0 Å². The molecule has 8 heavy (non-hydrogen) atoms. The van der Waals surface area contributed by atoms with Crippen LogP contribution in [0.1, 0.15) is 19.8 Å². The van der Waals surface area contributed by atoms with Gasteiger partial charge in [-0.25, -0.2) is 0 Å². The Hall–Kier alpha value is 0.802. The van der Waals surface area contributed by atoms with Crippen molar-refractivity contribution in [3.63, 3.8) is 0 Å². The standard InChI is InChI=1S/C4H7O3.Pb/c1-2-3-4(5,6)7;/h2-3H2,1H3;/q-3;+3. The maximum atomic E-state index is 5.22. The third-order valence-corrected chi connectivity index (χ3v) is 6.84. The van der Waals surface area contributed by atoms with Crippen molar-refractivity contribution in [3.8, 4) is 0 Å². The van der Waals surface area contributed by atoms with Gasteiger partial charge in [-0.15, -0.1) is 0 Å². The van der Waals surface area contributed by atoms with Crippen molar-refractivity contribution in [3.05, 3.63) is 0 Å². The van der Waals surface area contributed by atoms with Gasteiger partial charge in [0, 0.05) is 0 Å². The van der Waals surface area contributed by atoms with Gasteiger partial charge in [-0.05, 0) is 0 Å². The summed E-state index contributed by atoms with van der Waals surface area (Å²) >= 11 is -2.01. The van der Waals surface area contributed by atoms with Crippen molar-refractivity contribution in [2.45, 2.75) is 25.7 Å². The molecule has 3 aliphatic rings. The molecule has 4 heteroatoms. The van der Waals surface area contributed by atoms with E-state index in [-0.39, 0.29) is 0 Å². The second-order valence-corrected chi connectivity index (χ2v) is 6.31. The molecule has 3 aliphatic heterocycles. The molecule has 0 aromatic rings. The van der Waals surface area contributed by atoms with Crippen LogP contribution < -0.4 is 0 Å². The Balaban J connectivity index is 1.87. The SMILES string of the molecule is CCCC12[O][Pb]([O]1)[O]2. The van der Waals surface area contributed by atoms with Crippen LogP contribution >= 0.6 is 0 Å². The van der Waals surface area contributed by atoms with Crippen LogP contribution in [0.4, 0.5) is 0 Å². The third kappa shape index (κ3) is 0.584. The second-order valence-electron chi connectivity index (χ2n) is 1.99. The minimum absolute atomic E-state index is 0.489. The van der Waals surface area contributed by atoms with Crippen molar-refractivity contribution in [1.29, 1.82) is 0 Å². The summed E-state index contributed by atoms with van der Waals surface area (Å²) in [5.74, 6) is -0.489. The Kier molecular flexibility index (Phi) is 1.15.